The zero-order valence-electron chi connectivity index (χ0n) is 42.7. The van der Waals surface area contributed by atoms with Crippen LogP contribution in [-0.4, -0.2) is 43.3 Å². The van der Waals surface area contributed by atoms with Gasteiger partial charge in [0.1, 0.15) is 11.4 Å². The average molecular weight is 923 g/mol. The second kappa shape index (κ2) is 24.3. The van der Waals surface area contributed by atoms with Crippen LogP contribution in [0.15, 0.2) is 94.1 Å². The molecular weight excluding hydrogens is 829 g/mol. The van der Waals surface area contributed by atoms with E-state index in [1.165, 1.54) is 59.2 Å². The van der Waals surface area contributed by atoms with Crippen LogP contribution in [0.1, 0.15) is 167 Å². The summed E-state index contributed by atoms with van der Waals surface area (Å²) in [7, 11) is 5.72. The lowest BCUT2D eigenvalue weighted by molar-refractivity contribution is -0.118. The molecule has 0 bridgehead atoms. The Morgan fingerprint density at radius 1 is 0.597 bits per heavy atom. The molecule has 3 aliphatic heterocycles. The van der Waals surface area contributed by atoms with Crippen LogP contribution in [-0.2, 0) is 35.5 Å². The number of fused-ring (bicyclic) bond motifs is 4. The third-order valence-corrected chi connectivity index (χ3v) is 10.9. The van der Waals surface area contributed by atoms with E-state index in [9.17, 15) is 9.59 Å². The summed E-state index contributed by atoms with van der Waals surface area (Å²) in [5.41, 5.74) is 12.3. The van der Waals surface area contributed by atoms with Crippen LogP contribution >= 0.6 is 0 Å². The number of oxazole rings is 1. The predicted octanol–water partition coefficient (Wildman–Crippen LogP) is 15.4. The summed E-state index contributed by atoms with van der Waals surface area (Å²) in [4.78, 5) is 26.3. The van der Waals surface area contributed by atoms with Gasteiger partial charge in [0.25, 0.3) is 0 Å². The lowest BCUT2D eigenvalue weighted by atomic mass is 9.81. The highest BCUT2D eigenvalue weighted by Crippen LogP contribution is 2.49. The Balaban J connectivity index is 0.000000416. The van der Waals surface area contributed by atoms with Gasteiger partial charge in [0.05, 0.1) is 17.7 Å². The number of amides is 1. The first-order valence-corrected chi connectivity index (χ1v) is 23.4. The van der Waals surface area contributed by atoms with Gasteiger partial charge >= 0.3 is 5.76 Å². The minimum absolute atomic E-state index is 0. The molecule has 0 radical (unpaired) electrons. The number of rotatable bonds is 0. The fraction of sp³-hybridized carbons (Fsp3) is 0.559. The van der Waals surface area contributed by atoms with Crippen LogP contribution in [0.3, 0.4) is 0 Å². The number of ether oxygens (including phenoxy) is 1. The number of nitrogens with zero attached hydrogens (tertiary/aromatic N) is 3. The third kappa shape index (κ3) is 18.2. The number of hydrogen-bond donors (Lipinski definition) is 1. The van der Waals surface area contributed by atoms with Gasteiger partial charge in [-0.1, -0.05) is 174 Å². The molecule has 8 heteroatoms. The molecule has 67 heavy (non-hydrogen) atoms. The third-order valence-electron chi connectivity index (χ3n) is 10.9. The normalized spacial score (nSPS) is 15.1. The number of aromatic nitrogens is 1. The van der Waals surface area contributed by atoms with E-state index in [4.69, 9.17) is 9.15 Å². The predicted molar refractivity (Wildman–Crippen MR) is 293 cm³/mol. The largest absolute Gasteiger partial charge is 0.483 e. The molecule has 9 rings (SSSR count). The van der Waals surface area contributed by atoms with Gasteiger partial charge in [-0.05, 0) is 101 Å². The molecule has 1 aromatic heterocycles. The maximum Gasteiger partial charge on any atom is 0.419 e. The van der Waals surface area contributed by atoms with Gasteiger partial charge in [-0.25, -0.2) is 4.79 Å². The van der Waals surface area contributed by atoms with Gasteiger partial charge in [-0.2, -0.15) is 0 Å². The monoisotopic (exact) mass is 923 g/mol. The van der Waals surface area contributed by atoms with E-state index in [1.54, 1.807) is 23.6 Å². The summed E-state index contributed by atoms with van der Waals surface area (Å²) in [6, 6.07) is 28.5. The first-order valence-electron chi connectivity index (χ1n) is 23.4. The Bertz CT molecular complexity index is 2330. The van der Waals surface area contributed by atoms with E-state index in [0.717, 1.165) is 35.6 Å². The van der Waals surface area contributed by atoms with Crippen molar-refractivity contribution in [2.75, 3.05) is 42.3 Å². The summed E-state index contributed by atoms with van der Waals surface area (Å²) in [5, 5.41) is 3.50. The molecule has 374 valence electrons. The second-order valence-corrected chi connectivity index (χ2v) is 23.1. The van der Waals surface area contributed by atoms with E-state index >= 15 is 0 Å². The van der Waals surface area contributed by atoms with Crippen molar-refractivity contribution >= 4 is 34.1 Å². The average Bonchev–Trinajstić information content (AvgIpc) is 3.88. The molecule has 5 aromatic rings. The van der Waals surface area contributed by atoms with Crippen molar-refractivity contribution in [3.63, 3.8) is 0 Å². The van der Waals surface area contributed by atoms with Crippen molar-refractivity contribution in [1.82, 2.24) is 4.57 Å². The minimum atomic E-state index is -0.314. The molecule has 4 heterocycles. The van der Waals surface area contributed by atoms with Gasteiger partial charge in [-0.3, -0.25) is 9.36 Å². The standard InChI is InChI=1S/C14H19NO.C14H21N.C10H11NO.C8H7NO2.2C5H12.3CH4/c1-13(2,3)10-5-4-6-11-12(10)16-14(7-8-14)9-15-11;1-14(2,3)12-8-5-9-13-11(12)7-6-10-15(13)4;1-11-9-5-3-2-4-8(9)6-7-10(11)12;1-9-6-4-2-3-5-7(6)11-8(9)10;2*1-5(2,3)4;;;/h4-6,15H,7-9H2,1-3H3;5,8-9H,6-7,10H2,1-4H3;2-5H,6-7H2,1H3;2-5H,1H3;2*1-4H3;3*1H4. The molecule has 1 aliphatic carbocycles. The number of para-hydroxylation sites is 4. The molecule has 1 saturated carbocycles. The smallest absolute Gasteiger partial charge is 0.419 e. The van der Waals surface area contributed by atoms with Crippen molar-refractivity contribution in [3.05, 3.63) is 118 Å². The van der Waals surface area contributed by atoms with Crippen LogP contribution in [0.4, 0.5) is 17.1 Å². The highest BCUT2D eigenvalue weighted by atomic mass is 16.5. The zero-order valence-corrected chi connectivity index (χ0v) is 42.7. The number of anilines is 3. The number of nitrogens with one attached hydrogen (secondary N) is 1. The van der Waals surface area contributed by atoms with E-state index in [1.807, 2.05) is 43.4 Å². The molecule has 1 fully saturated rings. The van der Waals surface area contributed by atoms with Gasteiger partial charge in [0.2, 0.25) is 5.91 Å². The molecule has 4 aromatic carbocycles. The summed E-state index contributed by atoms with van der Waals surface area (Å²) in [6.07, 6.45) is 6.45. The zero-order chi connectivity index (χ0) is 47.8. The maximum atomic E-state index is 11.3. The van der Waals surface area contributed by atoms with Crippen molar-refractivity contribution in [3.8, 4) is 5.75 Å². The Labute approximate surface area is 408 Å². The molecule has 1 amide bonds. The van der Waals surface area contributed by atoms with Crippen LogP contribution in [0, 0.1) is 10.8 Å². The van der Waals surface area contributed by atoms with Gasteiger partial charge in [-0.15, -0.1) is 0 Å². The number of benzene rings is 4. The van der Waals surface area contributed by atoms with Crippen LogP contribution in [0.2, 0.25) is 0 Å². The maximum absolute atomic E-state index is 11.3. The van der Waals surface area contributed by atoms with Gasteiger partial charge < -0.3 is 24.3 Å². The van der Waals surface area contributed by atoms with E-state index < -0.39 is 0 Å². The number of hydrogen-bond acceptors (Lipinski definition) is 6. The van der Waals surface area contributed by atoms with Crippen molar-refractivity contribution in [1.29, 1.82) is 0 Å². The molecule has 0 saturated heterocycles. The lowest BCUT2D eigenvalue weighted by Gasteiger charge is -2.32. The fourth-order valence-corrected chi connectivity index (χ4v) is 7.49. The molecule has 0 unspecified atom stereocenters. The molecule has 1 spiro atoms. The van der Waals surface area contributed by atoms with E-state index in [2.05, 4.69) is 157 Å². The number of aryl methyl sites for hydroxylation is 2. The minimum Gasteiger partial charge on any atom is -0.483 e. The summed E-state index contributed by atoms with van der Waals surface area (Å²) >= 11 is 0. The highest BCUT2D eigenvalue weighted by Gasteiger charge is 2.48. The Hall–Kier alpha value is -4.98. The van der Waals surface area contributed by atoms with Crippen molar-refractivity contribution in [2.45, 2.75) is 174 Å². The second-order valence-electron chi connectivity index (χ2n) is 23.1. The Morgan fingerprint density at radius 3 is 1.69 bits per heavy atom. The first kappa shape index (κ1) is 60.0. The van der Waals surface area contributed by atoms with E-state index in [-0.39, 0.29) is 50.4 Å². The quantitative estimate of drug-likeness (QED) is 0.167. The molecular formula is C59H94N4O4. The van der Waals surface area contributed by atoms with Gasteiger partial charge in [0, 0.05) is 51.0 Å². The summed E-state index contributed by atoms with van der Waals surface area (Å²) in [6.45, 7) is 33.3. The number of carbonyl (C=O) groups is 1. The fourth-order valence-electron chi connectivity index (χ4n) is 7.49. The van der Waals surface area contributed by atoms with Crippen LogP contribution in [0.25, 0.3) is 11.1 Å². The lowest BCUT2D eigenvalue weighted by Crippen LogP contribution is -2.34. The first-order chi connectivity index (χ1) is 29.6. The summed E-state index contributed by atoms with van der Waals surface area (Å²) in [5.74, 6) is 0.985. The number of carbonyl (C=O) groups excluding carboxylic acids is 1. The Kier molecular flexibility index (Phi) is 21.8. The molecule has 1 N–H and O–H groups in total. The van der Waals surface area contributed by atoms with Crippen molar-refractivity contribution < 1.29 is 13.9 Å². The van der Waals surface area contributed by atoms with Gasteiger partial charge in [0.15, 0.2) is 5.58 Å². The Morgan fingerprint density at radius 2 is 1.12 bits per heavy atom. The molecule has 0 atom stereocenters. The summed E-state index contributed by atoms with van der Waals surface area (Å²) < 4.78 is 12.6. The van der Waals surface area contributed by atoms with Crippen LogP contribution in [0.5, 0.6) is 5.75 Å². The highest BCUT2D eigenvalue weighted by molar-refractivity contribution is 5.95. The van der Waals surface area contributed by atoms with Crippen LogP contribution < -0.4 is 25.6 Å². The molecule has 8 nitrogen and oxygen atoms in total. The molecule has 4 aliphatic rings. The SMILES string of the molecule is C.C.C.CC(C)(C)C.CC(C)(C)C.CC(C)(C)c1cccc2c1OC1(CC1)CN2.CN1C(=O)CCc2ccccc21.CN1CCCc2c1cccc2C(C)(C)C.Cn1c(=O)oc2ccccc21. The topological polar surface area (TPSA) is 80.0 Å². The van der Waals surface area contributed by atoms with E-state index in [0.29, 0.717) is 22.8 Å². The van der Waals surface area contributed by atoms with Crippen molar-refractivity contribution in [2.24, 2.45) is 17.9 Å².